The van der Waals surface area contributed by atoms with Crippen molar-refractivity contribution < 1.29 is 18.6 Å². The van der Waals surface area contributed by atoms with Gasteiger partial charge in [-0.15, -0.1) is 0 Å². The number of furan rings is 1. The fourth-order valence-electron chi connectivity index (χ4n) is 3.77. The summed E-state index contributed by atoms with van der Waals surface area (Å²) in [4.78, 5) is 4.45. The highest BCUT2D eigenvalue weighted by Crippen LogP contribution is 2.38. The van der Waals surface area contributed by atoms with Crippen molar-refractivity contribution in [2.45, 2.75) is 47.3 Å². The summed E-state index contributed by atoms with van der Waals surface area (Å²) in [7, 11) is 1.80. The van der Waals surface area contributed by atoms with Crippen LogP contribution in [0.4, 0.5) is 0 Å². The van der Waals surface area contributed by atoms with Crippen LogP contribution in [0.1, 0.15) is 57.2 Å². The van der Waals surface area contributed by atoms with E-state index in [0.717, 1.165) is 16.8 Å². The predicted octanol–water partition coefficient (Wildman–Crippen LogP) is 5.83. The van der Waals surface area contributed by atoms with Crippen molar-refractivity contribution >= 4 is 22.1 Å². The standard InChI is InChI=1S/C24H27N2O/c1-13(2)19-12-26(7)20(11-15(19)4)22-14(3)8-9-18-21-16(5)10-17(6)25-24(21)27-23(18)22/h8-13H,1-7H3/q+1/i1D3,5D3,13D. The average Bonchev–Trinajstić information content (AvgIpc) is 3.05. The number of aromatic nitrogens is 2. The quantitative estimate of drug-likeness (QED) is 0.418. The fraction of sp³-hybridized carbons (Fsp3) is 0.333. The lowest BCUT2D eigenvalue weighted by Gasteiger charge is -2.11. The van der Waals surface area contributed by atoms with Gasteiger partial charge in [0.2, 0.25) is 11.4 Å². The molecule has 0 aliphatic carbocycles. The molecule has 3 heteroatoms. The Hall–Kier alpha value is -2.68. The van der Waals surface area contributed by atoms with Gasteiger partial charge in [-0.1, -0.05) is 25.9 Å². The number of pyridine rings is 2. The van der Waals surface area contributed by atoms with E-state index in [2.05, 4.69) is 4.98 Å². The molecule has 1 atom stereocenters. The molecule has 3 nitrogen and oxygen atoms in total. The van der Waals surface area contributed by atoms with Gasteiger partial charge in [0.25, 0.3) is 0 Å². The summed E-state index contributed by atoms with van der Waals surface area (Å²) in [5, 5.41) is 1.13. The molecule has 4 rings (SSSR count). The number of nitrogens with zero attached hydrogens (tertiary/aromatic N) is 2. The maximum Gasteiger partial charge on any atom is 0.227 e. The lowest BCUT2D eigenvalue weighted by Crippen LogP contribution is -2.32. The predicted molar refractivity (Wildman–Crippen MR) is 111 cm³/mol. The first kappa shape index (κ1) is 11.2. The van der Waals surface area contributed by atoms with Gasteiger partial charge in [0.05, 0.1) is 10.9 Å². The molecule has 1 unspecified atom stereocenters. The second kappa shape index (κ2) is 6.19. The molecule has 0 bridgehead atoms. The van der Waals surface area contributed by atoms with Crippen LogP contribution in [0.2, 0.25) is 0 Å². The Morgan fingerprint density at radius 3 is 2.70 bits per heavy atom. The Bertz CT molecular complexity index is 1450. The Kier molecular flexibility index (Phi) is 2.57. The van der Waals surface area contributed by atoms with E-state index in [9.17, 15) is 0 Å². The third-order valence-electron chi connectivity index (χ3n) is 5.09. The lowest BCUT2D eigenvalue weighted by atomic mass is 9.95. The monoisotopic (exact) mass is 366 g/mol. The second-order valence-corrected chi connectivity index (χ2v) is 7.22. The smallest absolute Gasteiger partial charge is 0.227 e. The van der Waals surface area contributed by atoms with Crippen molar-refractivity contribution in [1.29, 1.82) is 0 Å². The van der Waals surface area contributed by atoms with Crippen LogP contribution < -0.4 is 4.57 Å². The first-order valence-electron chi connectivity index (χ1n) is 12.4. The molecule has 1 aromatic carbocycles. The summed E-state index contributed by atoms with van der Waals surface area (Å²) >= 11 is 0. The zero-order chi connectivity index (χ0) is 25.4. The van der Waals surface area contributed by atoms with Crippen LogP contribution >= 0.6 is 0 Å². The van der Waals surface area contributed by atoms with E-state index in [1.165, 1.54) is 6.92 Å². The lowest BCUT2D eigenvalue weighted by molar-refractivity contribution is -0.660. The molecule has 0 N–H and O–H groups in total. The number of hydrogen-bond donors (Lipinski definition) is 0. The minimum absolute atomic E-state index is 0.196. The summed E-state index contributed by atoms with van der Waals surface area (Å²) in [6, 6.07) is 7.19. The first-order chi connectivity index (χ1) is 15.5. The normalized spacial score (nSPS) is 18.8. The number of aryl methyl sites for hydroxylation is 5. The Balaban J connectivity index is 2.06. The third-order valence-corrected chi connectivity index (χ3v) is 5.09. The summed E-state index contributed by atoms with van der Waals surface area (Å²) in [6.07, 6.45) is 1.68. The maximum absolute atomic E-state index is 8.52. The number of fused-ring (bicyclic) bond motifs is 3. The van der Waals surface area contributed by atoms with E-state index < -0.39 is 19.6 Å². The zero-order valence-electron chi connectivity index (χ0n) is 23.2. The molecular weight excluding hydrogens is 332 g/mol. The summed E-state index contributed by atoms with van der Waals surface area (Å²) in [6.45, 7) is 2.05. The van der Waals surface area contributed by atoms with E-state index in [1.807, 2.05) is 25.1 Å². The number of benzene rings is 1. The van der Waals surface area contributed by atoms with Crippen LogP contribution in [0, 0.1) is 27.6 Å². The van der Waals surface area contributed by atoms with Crippen molar-refractivity contribution in [3.63, 3.8) is 0 Å². The van der Waals surface area contributed by atoms with E-state index >= 15 is 0 Å². The van der Waals surface area contributed by atoms with Gasteiger partial charge in [0.15, 0.2) is 11.8 Å². The topological polar surface area (TPSA) is 29.9 Å². The first-order valence-corrected chi connectivity index (χ1v) is 8.89. The largest absolute Gasteiger partial charge is 0.437 e. The summed E-state index contributed by atoms with van der Waals surface area (Å²) in [5.74, 6) is -1.77. The molecule has 0 aliphatic heterocycles. The minimum atomic E-state index is -2.49. The molecule has 0 saturated carbocycles. The van der Waals surface area contributed by atoms with Gasteiger partial charge < -0.3 is 4.42 Å². The van der Waals surface area contributed by atoms with E-state index in [0.29, 0.717) is 33.2 Å². The molecule has 0 fully saturated rings. The summed E-state index contributed by atoms with van der Waals surface area (Å²) < 4.78 is 64.0. The molecule has 0 radical (unpaired) electrons. The second-order valence-electron chi connectivity index (χ2n) is 7.22. The number of rotatable bonds is 2. The van der Waals surface area contributed by atoms with E-state index in [-0.39, 0.29) is 11.3 Å². The third kappa shape index (κ3) is 2.73. The molecule has 3 heterocycles. The van der Waals surface area contributed by atoms with Crippen LogP contribution in [-0.2, 0) is 7.05 Å². The molecule has 0 spiro atoms. The van der Waals surface area contributed by atoms with Gasteiger partial charge in [-0.05, 0) is 56.3 Å². The average molecular weight is 367 g/mol. The molecule has 0 aliphatic rings. The van der Waals surface area contributed by atoms with Gasteiger partial charge in [-0.3, -0.25) is 0 Å². The number of hydrogen-bond acceptors (Lipinski definition) is 2. The Labute approximate surface area is 170 Å². The van der Waals surface area contributed by atoms with Gasteiger partial charge in [0.1, 0.15) is 7.05 Å². The molecule has 4 aromatic rings. The van der Waals surface area contributed by atoms with Crippen LogP contribution in [0.15, 0.2) is 34.9 Å². The van der Waals surface area contributed by atoms with Gasteiger partial charge in [-0.2, -0.15) is 0 Å². The van der Waals surface area contributed by atoms with E-state index in [4.69, 9.17) is 14.0 Å². The van der Waals surface area contributed by atoms with Gasteiger partial charge >= 0.3 is 0 Å². The van der Waals surface area contributed by atoms with Crippen LogP contribution in [0.5, 0.6) is 0 Å². The van der Waals surface area contributed by atoms with Crippen molar-refractivity contribution in [3.8, 4) is 11.3 Å². The highest BCUT2D eigenvalue weighted by molar-refractivity contribution is 6.10. The highest BCUT2D eigenvalue weighted by atomic mass is 16.3. The molecular formula is C24H27N2O+. The molecule has 27 heavy (non-hydrogen) atoms. The molecule has 0 saturated heterocycles. The van der Waals surface area contributed by atoms with Gasteiger partial charge in [-0.25, -0.2) is 9.55 Å². The van der Waals surface area contributed by atoms with Gasteiger partial charge in [0, 0.05) is 32.3 Å². The van der Waals surface area contributed by atoms with Crippen molar-refractivity contribution in [2.24, 2.45) is 7.05 Å². The van der Waals surface area contributed by atoms with Crippen molar-refractivity contribution in [2.75, 3.05) is 0 Å². The van der Waals surface area contributed by atoms with Crippen molar-refractivity contribution in [3.05, 3.63) is 58.4 Å². The van der Waals surface area contributed by atoms with E-state index in [1.54, 1.807) is 37.7 Å². The van der Waals surface area contributed by atoms with Crippen LogP contribution in [-0.4, -0.2) is 4.98 Å². The molecule has 138 valence electrons. The van der Waals surface area contributed by atoms with Crippen molar-refractivity contribution in [1.82, 2.24) is 4.98 Å². The van der Waals surface area contributed by atoms with Crippen LogP contribution in [0.25, 0.3) is 33.3 Å². The Morgan fingerprint density at radius 2 is 1.96 bits per heavy atom. The highest BCUT2D eigenvalue weighted by Gasteiger charge is 2.23. The molecule has 0 amide bonds. The molecule has 3 aromatic heterocycles. The van der Waals surface area contributed by atoms with Crippen LogP contribution in [0.3, 0.4) is 0 Å². The summed E-state index contributed by atoms with van der Waals surface area (Å²) in [5.41, 5.74) is 5.06. The fourth-order valence-corrected chi connectivity index (χ4v) is 3.77. The SMILES string of the molecule is [2H]C([2H])([2H])c1cc(C)nc2oc3c(-c4cc(C)c(C([2H])(C)C([2H])([2H])[2H])c[n+]4C)c(C)ccc3c12. The maximum atomic E-state index is 8.52. The Morgan fingerprint density at radius 1 is 1.15 bits per heavy atom. The zero-order valence-corrected chi connectivity index (χ0v) is 16.2. The minimum Gasteiger partial charge on any atom is -0.437 e.